The number of nitrogens with zero attached hydrogens (tertiary/aromatic N) is 2. The molecule has 0 saturated carbocycles. The van der Waals surface area contributed by atoms with Crippen molar-refractivity contribution >= 4 is 11.4 Å². The molecule has 1 N–H and O–H groups in total. The molecule has 1 atom stereocenters. The first kappa shape index (κ1) is 11.6. The van der Waals surface area contributed by atoms with Gasteiger partial charge in [0.15, 0.2) is 0 Å². The Morgan fingerprint density at radius 2 is 2.16 bits per heavy atom. The minimum atomic E-state index is 0.565. The van der Waals surface area contributed by atoms with Gasteiger partial charge in [0.05, 0.1) is 0 Å². The Balaban J connectivity index is 1.57. The Morgan fingerprint density at radius 3 is 3.00 bits per heavy atom. The summed E-state index contributed by atoms with van der Waals surface area (Å²) in [5.41, 5.74) is 4.97. The number of nitrogens with one attached hydrogen (secondary N) is 1. The van der Waals surface area contributed by atoms with E-state index >= 15 is 0 Å². The first-order valence-corrected chi connectivity index (χ1v) is 7.56. The number of likely N-dealkylation sites (N-methyl/N-ethyl adjacent to an activating group) is 1. The molecule has 0 aromatic heterocycles. The number of fused-ring (bicyclic) bond motifs is 1. The quantitative estimate of drug-likeness (QED) is 0.828. The van der Waals surface area contributed by atoms with E-state index in [1.807, 2.05) is 0 Å². The molecular formula is C16H23N3. The summed E-state index contributed by atoms with van der Waals surface area (Å²) in [6, 6.07) is 7.07. The highest BCUT2D eigenvalue weighted by Gasteiger charge is 2.40. The molecule has 0 bridgehead atoms. The zero-order valence-corrected chi connectivity index (χ0v) is 11.8. The highest BCUT2D eigenvalue weighted by atomic mass is 15.2. The van der Waals surface area contributed by atoms with Crippen molar-refractivity contribution in [3.8, 4) is 0 Å². The summed E-state index contributed by atoms with van der Waals surface area (Å²) in [6.45, 7) is 6.08. The lowest BCUT2D eigenvalue weighted by Crippen LogP contribution is -2.29. The average molecular weight is 257 g/mol. The molecule has 0 amide bonds. The molecule has 0 aliphatic carbocycles. The predicted molar refractivity (Wildman–Crippen MR) is 80.2 cm³/mol. The fraction of sp³-hybridized carbons (Fsp3) is 0.625. The van der Waals surface area contributed by atoms with Crippen LogP contribution in [-0.2, 0) is 6.42 Å². The summed E-state index contributed by atoms with van der Waals surface area (Å²) in [6.07, 6.45) is 3.92. The molecule has 102 valence electrons. The minimum Gasteiger partial charge on any atom is -0.374 e. The van der Waals surface area contributed by atoms with Crippen LogP contribution >= 0.6 is 0 Å². The van der Waals surface area contributed by atoms with Crippen molar-refractivity contribution in [2.24, 2.45) is 5.41 Å². The van der Waals surface area contributed by atoms with Crippen molar-refractivity contribution in [2.75, 3.05) is 49.6 Å². The van der Waals surface area contributed by atoms with Crippen LogP contribution in [0, 0.1) is 5.41 Å². The van der Waals surface area contributed by atoms with Crippen molar-refractivity contribution < 1.29 is 0 Å². The van der Waals surface area contributed by atoms with Crippen LogP contribution in [0.5, 0.6) is 0 Å². The van der Waals surface area contributed by atoms with E-state index in [1.165, 1.54) is 68.9 Å². The topological polar surface area (TPSA) is 18.5 Å². The van der Waals surface area contributed by atoms with E-state index in [1.54, 1.807) is 0 Å². The number of hydrogen-bond acceptors (Lipinski definition) is 3. The molecule has 3 aliphatic heterocycles. The van der Waals surface area contributed by atoms with Crippen LogP contribution in [0.1, 0.15) is 18.4 Å². The van der Waals surface area contributed by atoms with Gasteiger partial charge in [0, 0.05) is 50.0 Å². The van der Waals surface area contributed by atoms with E-state index in [0.29, 0.717) is 5.41 Å². The molecule has 2 saturated heterocycles. The smallest absolute Gasteiger partial charge is 0.0398 e. The molecular weight excluding hydrogens is 234 g/mol. The molecule has 3 heteroatoms. The summed E-state index contributed by atoms with van der Waals surface area (Å²) >= 11 is 0. The molecule has 3 aliphatic rings. The van der Waals surface area contributed by atoms with Crippen molar-refractivity contribution in [1.82, 2.24) is 5.32 Å². The van der Waals surface area contributed by atoms with E-state index in [0.717, 1.165) is 0 Å². The van der Waals surface area contributed by atoms with Gasteiger partial charge in [0.2, 0.25) is 0 Å². The molecule has 1 spiro atoms. The van der Waals surface area contributed by atoms with Crippen LogP contribution in [0.2, 0.25) is 0 Å². The Labute approximate surface area is 115 Å². The fourth-order valence-electron chi connectivity index (χ4n) is 4.05. The number of hydrogen-bond donors (Lipinski definition) is 1. The second-order valence-electron chi connectivity index (χ2n) is 6.58. The molecule has 1 unspecified atom stereocenters. The second-order valence-corrected chi connectivity index (χ2v) is 6.58. The van der Waals surface area contributed by atoms with Crippen LogP contribution in [0.4, 0.5) is 11.4 Å². The van der Waals surface area contributed by atoms with E-state index in [2.05, 4.69) is 40.4 Å². The SMILES string of the molecule is CN1CCc2cc(N3CCC4(CCNC4)C3)ccc21. The Hall–Kier alpha value is -1.22. The maximum atomic E-state index is 3.54. The first-order chi connectivity index (χ1) is 9.26. The van der Waals surface area contributed by atoms with Gasteiger partial charge in [-0.1, -0.05) is 0 Å². The van der Waals surface area contributed by atoms with Crippen molar-refractivity contribution in [3.05, 3.63) is 23.8 Å². The van der Waals surface area contributed by atoms with Crippen molar-refractivity contribution in [3.63, 3.8) is 0 Å². The van der Waals surface area contributed by atoms with Crippen LogP contribution in [0.3, 0.4) is 0 Å². The van der Waals surface area contributed by atoms with E-state index in [9.17, 15) is 0 Å². The molecule has 4 rings (SSSR count). The van der Waals surface area contributed by atoms with Crippen molar-refractivity contribution in [2.45, 2.75) is 19.3 Å². The lowest BCUT2D eigenvalue weighted by Gasteiger charge is -2.24. The maximum Gasteiger partial charge on any atom is 0.0398 e. The van der Waals surface area contributed by atoms with Crippen molar-refractivity contribution in [1.29, 1.82) is 0 Å². The summed E-state index contributed by atoms with van der Waals surface area (Å²) < 4.78 is 0. The monoisotopic (exact) mass is 257 g/mol. The van der Waals surface area contributed by atoms with Crippen LogP contribution in [-0.4, -0.2) is 39.8 Å². The number of anilines is 2. The minimum absolute atomic E-state index is 0.565. The van der Waals surface area contributed by atoms with E-state index in [4.69, 9.17) is 0 Å². The lowest BCUT2D eigenvalue weighted by atomic mass is 9.86. The maximum absolute atomic E-state index is 3.54. The van der Waals surface area contributed by atoms with Gasteiger partial charge in [-0.15, -0.1) is 0 Å². The zero-order chi connectivity index (χ0) is 12.9. The molecule has 3 nitrogen and oxygen atoms in total. The largest absolute Gasteiger partial charge is 0.374 e. The van der Waals surface area contributed by atoms with E-state index in [-0.39, 0.29) is 0 Å². The lowest BCUT2D eigenvalue weighted by molar-refractivity contribution is 0.369. The number of benzene rings is 1. The Kier molecular flexibility index (Phi) is 2.52. The summed E-state index contributed by atoms with van der Waals surface area (Å²) in [5, 5.41) is 3.54. The van der Waals surface area contributed by atoms with Gasteiger partial charge in [0.25, 0.3) is 0 Å². The van der Waals surface area contributed by atoms with Gasteiger partial charge in [-0.2, -0.15) is 0 Å². The summed E-state index contributed by atoms with van der Waals surface area (Å²) in [7, 11) is 2.19. The average Bonchev–Trinajstić information content (AvgIpc) is 3.13. The van der Waals surface area contributed by atoms with Gasteiger partial charge < -0.3 is 15.1 Å². The third-order valence-electron chi connectivity index (χ3n) is 5.33. The van der Waals surface area contributed by atoms with Gasteiger partial charge in [-0.05, 0) is 49.6 Å². The Morgan fingerprint density at radius 1 is 1.21 bits per heavy atom. The third-order valence-corrected chi connectivity index (χ3v) is 5.33. The number of rotatable bonds is 1. The molecule has 2 fully saturated rings. The first-order valence-electron chi connectivity index (χ1n) is 7.56. The molecule has 19 heavy (non-hydrogen) atoms. The second kappa shape index (κ2) is 4.14. The van der Waals surface area contributed by atoms with Gasteiger partial charge >= 0.3 is 0 Å². The van der Waals surface area contributed by atoms with Crippen LogP contribution in [0.15, 0.2) is 18.2 Å². The molecule has 3 heterocycles. The van der Waals surface area contributed by atoms with Gasteiger partial charge in [-0.3, -0.25) is 0 Å². The van der Waals surface area contributed by atoms with Gasteiger partial charge in [-0.25, -0.2) is 0 Å². The van der Waals surface area contributed by atoms with Crippen LogP contribution < -0.4 is 15.1 Å². The van der Waals surface area contributed by atoms with Gasteiger partial charge in [0.1, 0.15) is 0 Å². The predicted octanol–water partition coefficient (Wildman–Crippen LogP) is 1.87. The Bertz CT molecular complexity index is 491. The fourth-order valence-corrected chi connectivity index (χ4v) is 4.05. The third kappa shape index (κ3) is 1.83. The highest BCUT2D eigenvalue weighted by Crippen LogP contribution is 2.39. The zero-order valence-electron chi connectivity index (χ0n) is 11.8. The van der Waals surface area contributed by atoms with E-state index < -0.39 is 0 Å². The molecule has 0 radical (unpaired) electrons. The molecule has 1 aromatic carbocycles. The summed E-state index contributed by atoms with van der Waals surface area (Å²) in [4.78, 5) is 4.97. The molecule has 1 aromatic rings. The summed E-state index contributed by atoms with van der Waals surface area (Å²) in [5.74, 6) is 0. The standard InChI is InChI=1S/C16H23N3/c1-18-8-4-13-10-14(2-3-15(13)18)19-9-6-16(12-19)5-7-17-11-16/h2-3,10,17H,4-9,11-12H2,1H3. The highest BCUT2D eigenvalue weighted by molar-refractivity contribution is 5.64. The normalized spacial score (nSPS) is 29.5. The van der Waals surface area contributed by atoms with Crippen LogP contribution in [0.25, 0.3) is 0 Å².